The molecule has 1 N–H and O–H groups in total. The average Bonchev–Trinajstić information content (AvgIpc) is 2.37. The highest BCUT2D eigenvalue weighted by molar-refractivity contribution is 5.44. The molecule has 0 fully saturated rings. The maximum atomic E-state index is 8.85. The Morgan fingerprint density at radius 1 is 1.33 bits per heavy atom. The number of aromatic nitrogens is 1. The molecular formula is C14H21N3O. The number of rotatable bonds is 8. The quantitative estimate of drug-likeness (QED) is 0.718. The summed E-state index contributed by atoms with van der Waals surface area (Å²) in [4.78, 5) is 4.33. The van der Waals surface area contributed by atoms with Crippen LogP contribution in [0.3, 0.4) is 0 Å². The minimum Gasteiger partial charge on any atom is -0.381 e. The van der Waals surface area contributed by atoms with Crippen LogP contribution in [0.5, 0.6) is 0 Å². The van der Waals surface area contributed by atoms with Gasteiger partial charge < -0.3 is 10.1 Å². The summed E-state index contributed by atoms with van der Waals surface area (Å²) in [6.07, 6.45) is 3.24. The molecule has 0 saturated carbocycles. The van der Waals surface area contributed by atoms with Crippen LogP contribution in [0.1, 0.15) is 37.4 Å². The zero-order valence-corrected chi connectivity index (χ0v) is 11.2. The van der Waals surface area contributed by atoms with Crippen LogP contribution in [0, 0.1) is 18.3 Å². The SMILES string of the molecule is CCCCOCCCNc1cc(C#N)cc(C)n1. The van der Waals surface area contributed by atoms with E-state index in [2.05, 4.69) is 23.3 Å². The Balaban J connectivity index is 2.23. The van der Waals surface area contributed by atoms with Crippen molar-refractivity contribution in [2.45, 2.75) is 33.1 Å². The zero-order chi connectivity index (χ0) is 13.2. The van der Waals surface area contributed by atoms with E-state index >= 15 is 0 Å². The lowest BCUT2D eigenvalue weighted by Gasteiger charge is -2.07. The van der Waals surface area contributed by atoms with E-state index in [4.69, 9.17) is 10.00 Å². The van der Waals surface area contributed by atoms with Gasteiger partial charge in [-0.1, -0.05) is 13.3 Å². The second-order valence-electron chi connectivity index (χ2n) is 4.24. The first-order chi connectivity index (χ1) is 8.76. The van der Waals surface area contributed by atoms with Crippen LogP contribution < -0.4 is 5.32 Å². The number of hydrogen-bond donors (Lipinski definition) is 1. The van der Waals surface area contributed by atoms with E-state index in [1.54, 1.807) is 12.1 Å². The first-order valence-electron chi connectivity index (χ1n) is 6.46. The number of nitrogens with zero attached hydrogens (tertiary/aromatic N) is 2. The first-order valence-corrected chi connectivity index (χ1v) is 6.46. The maximum absolute atomic E-state index is 8.85. The van der Waals surface area contributed by atoms with E-state index in [0.29, 0.717) is 5.56 Å². The molecule has 0 bridgehead atoms. The molecule has 0 unspecified atom stereocenters. The lowest BCUT2D eigenvalue weighted by atomic mass is 10.2. The van der Waals surface area contributed by atoms with Crippen molar-refractivity contribution < 1.29 is 4.74 Å². The van der Waals surface area contributed by atoms with E-state index in [0.717, 1.165) is 44.1 Å². The van der Waals surface area contributed by atoms with Crippen molar-refractivity contribution in [2.24, 2.45) is 0 Å². The fourth-order valence-electron chi connectivity index (χ4n) is 1.56. The highest BCUT2D eigenvalue weighted by Crippen LogP contribution is 2.09. The molecule has 0 aromatic carbocycles. The number of nitriles is 1. The number of unbranched alkanes of at least 4 members (excludes halogenated alkanes) is 1. The molecule has 1 rings (SSSR count). The van der Waals surface area contributed by atoms with E-state index in [-0.39, 0.29) is 0 Å². The molecule has 0 aliphatic rings. The first kappa shape index (κ1) is 14.5. The summed E-state index contributed by atoms with van der Waals surface area (Å²) >= 11 is 0. The second-order valence-corrected chi connectivity index (χ2v) is 4.24. The molecule has 1 aromatic heterocycles. The van der Waals surface area contributed by atoms with Gasteiger partial charge in [-0.15, -0.1) is 0 Å². The van der Waals surface area contributed by atoms with Crippen LogP contribution in [0.4, 0.5) is 5.82 Å². The second kappa shape index (κ2) is 8.48. The fourth-order valence-corrected chi connectivity index (χ4v) is 1.56. The van der Waals surface area contributed by atoms with Crippen molar-refractivity contribution in [1.82, 2.24) is 4.98 Å². The molecule has 18 heavy (non-hydrogen) atoms. The third-order valence-corrected chi connectivity index (χ3v) is 2.50. The summed E-state index contributed by atoms with van der Waals surface area (Å²) in [6, 6.07) is 5.67. The van der Waals surface area contributed by atoms with Gasteiger partial charge in [-0.3, -0.25) is 0 Å². The molecule has 0 spiro atoms. The Labute approximate surface area is 109 Å². The van der Waals surface area contributed by atoms with Crippen molar-refractivity contribution in [2.75, 3.05) is 25.1 Å². The predicted molar refractivity (Wildman–Crippen MR) is 72.5 cm³/mol. The largest absolute Gasteiger partial charge is 0.381 e. The Morgan fingerprint density at radius 2 is 2.11 bits per heavy atom. The lowest BCUT2D eigenvalue weighted by molar-refractivity contribution is 0.131. The van der Waals surface area contributed by atoms with Gasteiger partial charge in [0.15, 0.2) is 0 Å². The van der Waals surface area contributed by atoms with Gasteiger partial charge in [0.05, 0.1) is 11.6 Å². The summed E-state index contributed by atoms with van der Waals surface area (Å²) in [7, 11) is 0. The van der Waals surface area contributed by atoms with Crippen LogP contribution in [0.2, 0.25) is 0 Å². The van der Waals surface area contributed by atoms with Gasteiger partial charge >= 0.3 is 0 Å². The molecule has 0 amide bonds. The third kappa shape index (κ3) is 5.65. The minimum absolute atomic E-state index is 0.643. The van der Waals surface area contributed by atoms with Crippen molar-refractivity contribution >= 4 is 5.82 Å². The van der Waals surface area contributed by atoms with Gasteiger partial charge in [0.25, 0.3) is 0 Å². The standard InChI is InChI=1S/C14H21N3O/c1-3-4-7-18-8-5-6-16-14-10-13(11-15)9-12(2)17-14/h9-10H,3-8H2,1-2H3,(H,16,17). The molecule has 1 aromatic rings. The molecule has 0 aliphatic carbocycles. The Kier molecular flexibility index (Phi) is 6.82. The van der Waals surface area contributed by atoms with Crippen LogP contribution in [-0.4, -0.2) is 24.7 Å². The van der Waals surface area contributed by atoms with Gasteiger partial charge in [0.1, 0.15) is 5.82 Å². The fraction of sp³-hybridized carbons (Fsp3) is 0.571. The maximum Gasteiger partial charge on any atom is 0.127 e. The molecule has 0 radical (unpaired) electrons. The monoisotopic (exact) mass is 247 g/mol. The molecule has 0 atom stereocenters. The van der Waals surface area contributed by atoms with Crippen LogP contribution in [-0.2, 0) is 4.74 Å². The summed E-state index contributed by atoms with van der Waals surface area (Å²) in [6.45, 7) is 6.47. The average molecular weight is 247 g/mol. The lowest BCUT2D eigenvalue weighted by Crippen LogP contribution is -2.08. The van der Waals surface area contributed by atoms with Crippen molar-refractivity contribution in [3.63, 3.8) is 0 Å². The zero-order valence-electron chi connectivity index (χ0n) is 11.2. The van der Waals surface area contributed by atoms with Crippen molar-refractivity contribution in [3.8, 4) is 6.07 Å². The van der Waals surface area contributed by atoms with Gasteiger partial charge in [-0.25, -0.2) is 4.98 Å². The summed E-state index contributed by atoms with van der Waals surface area (Å²) in [5.41, 5.74) is 1.50. The minimum atomic E-state index is 0.643. The molecule has 0 saturated heterocycles. The number of ether oxygens (including phenoxy) is 1. The summed E-state index contributed by atoms with van der Waals surface area (Å²) in [5, 5.41) is 12.1. The Morgan fingerprint density at radius 3 is 2.83 bits per heavy atom. The molecule has 4 heteroatoms. The molecule has 98 valence electrons. The van der Waals surface area contributed by atoms with Gasteiger partial charge in [0.2, 0.25) is 0 Å². The molecule has 4 nitrogen and oxygen atoms in total. The van der Waals surface area contributed by atoms with E-state index < -0.39 is 0 Å². The van der Waals surface area contributed by atoms with E-state index in [9.17, 15) is 0 Å². The number of aryl methyl sites for hydroxylation is 1. The molecule has 1 heterocycles. The Hall–Kier alpha value is -1.60. The van der Waals surface area contributed by atoms with Gasteiger partial charge in [0, 0.05) is 25.5 Å². The molecule has 0 aliphatic heterocycles. The van der Waals surface area contributed by atoms with E-state index in [1.165, 1.54) is 6.42 Å². The normalized spacial score (nSPS) is 10.1. The number of pyridine rings is 1. The smallest absolute Gasteiger partial charge is 0.127 e. The van der Waals surface area contributed by atoms with Gasteiger partial charge in [-0.2, -0.15) is 5.26 Å². The van der Waals surface area contributed by atoms with Crippen LogP contribution >= 0.6 is 0 Å². The van der Waals surface area contributed by atoms with E-state index in [1.807, 2.05) is 6.92 Å². The van der Waals surface area contributed by atoms with Crippen LogP contribution in [0.15, 0.2) is 12.1 Å². The Bertz CT molecular complexity index is 399. The third-order valence-electron chi connectivity index (χ3n) is 2.50. The summed E-state index contributed by atoms with van der Waals surface area (Å²) < 4.78 is 5.47. The summed E-state index contributed by atoms with van der Waals surface area (Å²) in [5.74, 6) is 0.764. The van der Waals surface area contributed by atoms with Crippen LogP contribution in [0.25, 0.3) is 0 Å². The molecular weight excluding hydrogens is 226 g/mol. The van der Waals surface area contributed by atoms with Gasteiger partial charge in [-0.05, 0) is 31.9 Å². The number of nitrogens with one attached hydrogen (secondary N) is 1. The predicted octanol–water partition coefficient (Wildman–Crippen LogP) is 2.88. The highest BCUT2D eigenvalue weighted by Gasteiger charge is 1.99. The highest BCUT2D eigenvalue weighted by atomic mass is 16.5. The topological polar surface area (TPSA) is 57.9 Å². The van der Waals surface area contributed by atoms with Crippen molar-refractivity contribution in [3.05, 3.63) is 23.4 Å². The van der Waals surface area contributed by atoms with Crippen molar-refractivity contribution in [1.29, 1.82) is 5.26 Å². The number of anilines is 1. The number of hydrogen-bond acceptors (Lipinski definition) is 4.